The highest BCUT2D eigenvalue weighted by atomic mass is 16.3. The highest BCUT2D eigenvalue weighted by Gasteiger charge is 2.19. The number of hydrogen-bond acceptors (Lipinski definition) is 5. The van der Waals surface area contributed by atoms with Gasteiger partial charge in [0.2, 0.25) is 0 Å². The van der Waals surface area contributed by atoms with Crippen molar-refractivity contribution in [1.82, 2.24) is 25.1 Å². The fraction of sp³-hybridized carbons (Fsp3) is 0.533. The van der Waals surface area contributed by atoms with Gasteiger partial charge in [0, 0.05) is 19.2 Å². The fourth-order valence-electron chi connectivity index (χ4n) is 2.49. The molecule has 0 spiro atoms. The van der Waals surface area contributed by atoms with E-state index in [4.69, 9.17) is 0 Å². The molecule has 0 bridgehead atoms. The highest BCUT2D eigenvalue weighted by molar-refractivity contribution is 5.19. The van der Waals surface area contributed by atoms with E-state index in [9.17, 15) is 5.11 Å². The van der Waals surface area contributed by atoms with Crippen molar-refractivity contribution in [2.24, 2.45) is 0 Å². The molecule has 0 amide bonds. The van der Waals surface area contributed by atoms with Crippen LogP contribution in [0.5, 0.6) is 0 Å². The lowest BCUT2D eigenvalue weighted by Gasteiger charge is -2.27. The first-order chi connectivity index (χ1) is 10.3. The number of hydrogen-bond donors (Lipinski definition) is 1. The van der Waals surface area contributed by atoms with Crippen LogP contribution in [0.2, 0.25) is 0 Å². The van der Waals surface area contributed by atoms with E-state index in [1.165, 1.54) is 5.56 Å². The summed E-state index contributed by atoms with van der Waals surface area (Å²) in [5.74, 6) is 0.859. The topological polar surface area (TPSA) is 67.1 Å². The molecule has 6 nitrogen and oxygen atoms in total. The van der Waals surface area contributed by atoms with Crippen molar-refractivity contribution in [2.45, 2.75) is 38.9 Å². The quantitative estimate of drug-likeness (QED) is 0.800. The van der Waals surface area contributed by atoms with E-state index in [-0.39, 0.29) is 12.6 Å². The van der Waals surface area contributed by atoms with Gasteiger partial charge in [0.25, 0.3) is 0 Å². The summed E-state index contributed by atoms with van der Waals surface area (Å²) in [5.41, 5.74) is 1.20. The van der Waals surface area contributed by atoms with Gasteiger partial charge in [0.1, 0.15) is 0 Å². The minimum Gasteiger partial charge on any atom is -0.396 e. The Labute approximate surface area is 125 Å². The first kappa shape index (κ1) is 15.6. The van der Waals surface area contributed by atoms with Crippen molar-refractivity contribution in [1.29, 1.82) is 0 Å². The summed E-state index contributed by atoms with van der Waals surface area (Å²) in [4.78, 5) is 2.18. The molecule has 1 N–H and O–H groups in total. The maximum absolute atomic E-state index is 9.34. The van der Waals surface area contributed by atoms with Gasteiger partial charge in [0.15, 0.2) is 5.82 Å². The van der Waals surface area contributed by atoms with Crippen LogP contribution in [0, 0.1) is 0 Å². The van der Waals surface area contributed by atoms with Gasteiger partial charge in [-0.15, -0.1) is 5.10 Å². The number of aliphatic hydroxyl groups is 1. The standard InChI is InChI=1S/C15H23N5O/c1-3-10-20-15(16-17-18-20)12-19(2)14(9-11-21)13-7-5-4-6-8-13/h4-8,14,21H,3,9-12H2,1-2H3. The summed E-state index contributed by atoms with van der Waals surface area (Å²) in [7, 11) is 2.04. The van der Waals surface area contributed by atoms with Crippen molar-refractivity contribution in [3.63, 3.8) is 0 Å². The van der Waals surface area contributed by atoms with Crippen molar-refractivity contribution in [2.75, 3.05) is 13.7 Å². The SMILES string of the molecule is CCCn1nnnc1CN(C)C(CCO)c1ccccc1. The predicted molar refractivity (Wildman–Crippen MR) is 80.5 cm³/mol. The summed E-state index contributed by atoms with van der Waals surface area (Å²) in [6.45, 7) is 3.75. The zero-order valence-electron chi connectivity index (χ0n) is 12.7. The average Bonchev–Trinajstić information content (AvgIpc) is 2.93. The molecule has 0 radical (unpaired) electrons. The predicted octanol–water partition coefficient (Wildman–Crippen LogP) is 1.64. The van der Waals surface area contributed by atoms with Crippen molar-refractivity contribution < 1.29 is 5.11 Å². The Morgan fingerprint density at radius 1 is 1.29 bits per heavy atom. The Morgan fingerprint density at radius 2 is 2.05 bits per heavy atom. The summed E-state index contributed by atoms with van der Waals surface area (Å²) < 4.78 is 1.84. The molecule has 1 atom stereocenters. The zero-order chi connectivity index (χ0) is 15.1. The lowest BCUT2D eigenvalue weighted by Crippen LogP contribution is -2.27. The van der Waals surface area contributed by atoms with E-state index in [2.05, 4.69) is 39.5 Å². The minimum absolute atomic E-state index is 0.156. The number of rotatable bonds is 8. The Kier molecular flexibility index (Phi) is 5.83. The van der Waals surface area contributed by atoms with Gasteiger partial charge in [-0.1, -0.05) is 37.3 Å². The first-order valence-corrected chi connectivity index (χ1v) is 7.37. The number of aryl methyl sites for hydroxylation is 1. The normalized spacial score (nSPS) is 12.8. The Bertz CT molecular complexity index is 528. The third kappa shape index (κ3) is 4.09. The molecule has 114 valence electrons. The van der Waals surface area contributed by atoms with Crippen LogP contribution in [0.3, 0.4) is 0 Å². The van der Waals surface area contributed by atoms with E-state index in [1.54, 1.807) is 0 Å². The molecule has 0 aliphatic rings. The van der Waals surface area contributed by atoms with Crippen molar-refractivity contribution >= 4 is 0 Å². The molecule has 2 rings (SSSR count). The van der Waals surface area contributed by atoms with Crippen molar-refractivity contribution in [3.05, 3.63) is 41.7 Å². The number of tetrazole rings is 1. The average molecular weight is 289 g/mol. The van der Waals surface area contributed by atoms with Crippen molar-refractivity contribution in [3.8, 4) is 0 Å². The molecular formula is C15H23N5O. The molecule has 1 aromatic heterocycles. The Balaban J connectivity index is 2.11. The lowest BCUT2D eigenvalue weighted by molar-refractivity contribution is 0.175. The molecule has 1 aromatic carbocycles. The number of aromatic nitrogens is 4. The molecule has 0 fully saturated rings. The number of aliphatic hydroxyl groups excluding tert-OH is 1. The zero-order valence-corrected chi connectivity index (χ0v) is 12.7. The second-order valence-electron chi connectivity index (χ2n) is 5.17. The van der Waals surface area contributed by atoms with Gasteiger partial charge in [-0.05, 0) is 35.9 Å². The summed E-state index contributed by atoms with van der Waals surface area (Å²) in [5, 5.41) is 21.2. The van der Waals surface area contributed by atoms with Crippen LogP contribution in [-0.4, -0.2) is 43.9 Å². The molecule has 0 aliphatic carbocycles. The second kappa shape index (κ2) is 7.85. The van der Waals surface area contributed by atoms with Gasteiger partial charge >= 0.3 is 0 Å². The van der Waals surface area contributed by atoms with Crippen LogP contribution in [0.15, 0.2) is 30.3 Å². The second-order valence-corrected chi connectivity index (χ2v) is 5.17. The first-order valence-electron chi connectivity index (χ1n) is 7.37. The van der Waals surface area contributed by atoms with Crippen LogP contribution >= 0.6 is 0 Å². The molecule has 0 aliphatic heterocycles. The molecule has 1 heterocycles. The minimum atomic E-state index is 0.156. The van der Waals surface area contributed by atoms with E-state index >= 15 is 0 Å². The van der Waals surface area contributed by atoms with Crippen LogP contribution in [0.25, 0.3) is 0 Å². The van der Waals surface area contributed by atoms with Crippen LogP contribution < -0.4 is 0 Å². The molecular weight excluding hydrogens is 266 g/mol. The Morgan fingerprint density at radius 3 is 2.71 bits per heavy atom. The van der Waals surface area contributed by atoms with Crippen LogP contribution in [-0.2, 0) is 13.1 Å². The third-order valence-electron chi connectivity index (χ3n) is 3.55. The molecule has 6 heteroatoms. The molecule has 0 saturated heterocycles. The van der Waals surface area contributed by atoms with Gasteiger partial charge in [0.05, 0.1) is 6.54 Å². The Hall–Kier alpha value is -1.79. The van der Waals surface area contributed by atoms with E-state index in [0.717, 1.165) is 18.8 Å². The highest BCUT2D eigenvalue weighted by Crippen LogP contribution is 2.23. The van der Waals surface area contributed by atoms with Gasteiger partial charge in [-0.2, -0.15) is 0 Å². The van der Waals surface area contributed by atoms with E-state index < -0.39 is 0 Å². The summed E-state index contributed by atoms with van der Waals surface area (Å²) in [6.07, 6.45) is 1.69. The summed E-state index contributed by atoms with van der Waals surface area (Å²) in [6, 6.07) is 10.4. The monoisotopic (exact) mass is 289 g/mol. The smallest absolute Gasteiger partial charge is 0.165 e. The summed E-state index contributed by atoms with van der Waals surface area (Å²) >= 11 is 0. The third-order valence-corrected chi connectivity index (χ3v) is 3.55. The fourth-order valence-corrected chi connectivity index (χ4v) is 2.49. The van der Waals surface area contributed by atoms with E-state index in [1.807, 2.05) is 29.9 Å². The maximum atomic E-state index is 9.34. The maximum Gasteiger partial charge on any atom is 0.165 e. The van der Waals surface area contributed by atoms with Gasteiger partial charge < -0.3 is 5.11 Å². The largest absolute Gasteiger partial charge is 0.396 e. The molecule has 0 saturated carbocycles. The van der Waals surface area contributed by atoms with Crippen LogP contribution in [0.1, 0.15) is 37.2 Å². The van der Waals surface area contributed by atoms with E-state index in [0.29, 0.717) is 13.0 Å². The molecule has 2 aromatic rings. The molecule has 1 unspecified atom stereocenters. The lowest BCUT2D eigenvalue weighted by atomic mass is 10.0. The van der Waals surface area contributed by atoms with Gasteiger partial charge in [-0.25, -0.2) is 4.68 Å². The van der Waals surface area contributed by atoms with Crippen LogP contribution in [0.4, 0.5) is 0 Å². The number of nitrogens with zero attached hydrogens (tertiary/aromatic N) is 5. The number of benzene rings is 1. The van der Waals surface area contributed by atoms with Gasteiger partial charge in [-0.3, -0.25) is 4.90 Å². The molecule has 21 heavy (non-hydrogen) atoms.